The van der Waals surface area contributed by atoms with Crippen molar-refractivity contribution in [2.75, 3.05) is 19.7 Å². The van der Waals surface area contributed by atoms with Gasteiger partial charge in [-0.1, -0.05) is 0 Å². The average molecular weight is 297 g/mol. The number of rotatable bonds is 7. The highest BCUT2D eigenvalue weighted by molar-refractivity contribution is 7.11. The highest BCUT2D eigenvalue weighted by Crippen LogP contribution is 2.22. The fourth-order valence-electron chi connectivity index (χ4n) is 1.67. The molecule has 1 aromatic heterocycles. The summed E-state index contributed by atoms with van der Waals surface area (Å²) >= 11 is 1.52. The van der Waals surface area contributed by atoms with Crippen molar-refractivity contribution in [1.29, 1.82) is 0 Å². The quantitative estimate of drug-likeness (QED) is 0.810. The van der Waals surface area contributed by atoms with E-state index in [-0.39, 0.29) is 13.1 Å². The van der Waals surface area contributed by atoms with Crippen LogP contribution in [0.3, 0.4) is 0 Å². The molecule has 0 saturated carbocycles. The second kappa shape index (κ2) is 7.23. The van der Waals surface area contributed by atoms with Gasteiger partial charge in [0.05, 0.1) is 19.1 Å². The van der Waals surface area contributed by atoms with Crippen LogP contribution < -0.4 is 0 Å². The molecular weight excluding hydrogens is 279 g/mol. The predicted octanol–water partition coefficient (Wildman–Crippen LogP) is 2.16. The third-order valence-corrected chi connectivity index (χ3v) is 3.55. The lowest BCUT2D eigenvalue weighted by atomic mass is 10.3. The first-order valence-corrected chi connectivity index (χ1v) is 6.75. The Hall–Kier alpha value is -0.630. The minimum Gasteiger partial charge on any atom is -0.394 e. The van der Waals surface area contributed by atoms with E-state index in [4.69, 9.17) is 5.11 Å². The number of aliphatic hydroxyl groups excluding tert-OH is 2. The monoisotopic (exact) mass is 297 g/mol. The van der Waals surface area contributed by atoms with Crippen LogP contribution in [0.4, 0.5) is 13.2 Å². The molecule has 0 unspecified atom stereocenters. The molecule has 0 saturated heterocycles. The minimum atomic E-state index is -4.21. The minimum absolute atomic E-state index is 0.0313. The van der Waals surface area contributed by atoms with Crippen molar-refractivity contribution in [2.45, 2.75) is 32.2 Å². The van der Waals surface area contributed by atoms with Crippen LogP contribution in [-0.2, 0) is 6.54 Å². The maximum Gasteiger partial charge on any atom is 0.390 e. The van der Waals surface area contributed by atoms with Gasteiger partial charge in [0.1, 0.15) is 0 Å². The molecule has 0 amide bonds. The van der Waals surface area contributed by atoms with E-state index in [9.17, 15) is 18.3 Å². The van der Waals surface area contributed by atoms with Crippen LogP contribution in [0.25, 0.3) is 0 Å². The molecule has 3 nitrogen and oxygen atoms in total. The molecule has 7 heteroatoms. The van der Waals surface area contributed by atoms with Gasteiger partial charge < -0.3 is 10.2 Å². The van der Waals surface area contributed by atoms with Crippen LogP contribution in [-0.4, -0.2) is 47.1 Å². The van der Waals surface area contributed by atoms with E-state index in [0.717, 1.165) is 9.75 Å². The first kappa shape index (κ1) is 16.4. The van der Waals surface area contributed by atoms with Crippen molar-refractivity contribution in [3.63, 3.8) is 0 Å². The first-order chi connectivity index (χ1) is 8.80. The van der Waals surface area contributed by atoms with E-state index in [1.54, 1.807) is 0 Å². The molecule has 1 aromatic rings. The summed E-state index contributed by atoms with van der Waals surface area (Å²) in [4.78, 5) is 3.55. The molecular formula is C12H18F3NO2S. The van der Waals surface area contributed by atoms with Gasteiger partial charge in [0.2, 0.25) is 0 Å². The van der Waals surface area contributed by atoms with Crippen LogP contribution in [0.1, 0.15) is 16.2 Å². The van der Waals surface area contributed by atoms with Crippen LogP contribution in [0.15, 0.2) is 12.1 Å². The summed E-state index contributed by atoms with van der Waals surface area (Å²) in [7, 11) is 0. The van der Waals surface area contributed by atoms with Crippen molar-refractivity contribution < 1.29 is 23.4 Å². The number of aryl methyl sites for hydroxylation is 1. The Kier molecular flexibility index (Phi) is 6.25. The van der Waals surface area contributed by atoms with Gasteiger partial charge in [-0.15, -0.1) is 11.3 Å². The zero-order chi connectivity index (χ0) is 14.5. The summed E-state index contributed by atoms with van der Waals surface area (Å²) in [6.45, 7) is 1.68. The SMILES string of the molecule is Cc1ccc(CN(CCC(F)(F)F)C[C@H](O)CO)s1. The molecule has 0 aliphatic carbocycles. The van der Waals surface area contributed by atoms with E-state index < -0.39 is 25.3 Å². The molecule has 110 valence electrons. The smallest absolute Gasteiger partial charge is 0.390 e. The summed E-state index contributed by atoms with van der Waals surface area (Å²) in [5, 5.41) is 18.2. The standard InChI is InChI=1S/C12H18F3NO2S/c1-9-2-3-11(19-9)7-16(6-10(18)8-17)5-4-12(13,14)15/h2-3,10,17-18H,4-8H2,1H3/t10-/m0/s1. The molecule has 0 aliphatic heterocycles. The summed E-state index contributed by atoms with van der Waals surface area (Å²) in [5.41, 5.74) is 0. The number of hydrogen-bond donors (Lipinski definition) is 2. The molecule has 0 bridgehead atoms. The molecule has 1 atom stereocenters. The molecule has 1 rings (SSSR count). The van der Waals surface area contributed by atoms with Gasteiger partial charge >= 0.3 is 6.18 Å². The second-order valence-corrected chi connectivity index (χ2v) is 5.82. The van der Waals surface area contributed by atoms with Gasteiger partial charge in [-0.2, -0.15) is 13.2 Å². The van der Waals surface area contributed by atoms with Crippen LogP contribution >= 0.6 is 11.3 Å². The van der Waals surface area contributed by atoms with Gasteiger partial charge in [-0.25, -0.2) is 0 Å². The molecule has 0 aromatic carbocycles. The van der Waals surface area contributed by atoms with Gasteiger partial charge in [-0.3, -0.25) is 4.90 Å². The van der Waals surface area contributed by atoms with Crippen molar-refractivity contribution >= 4 is 11.3 Å². The van der Waals surface area contributed by atoms with Crippen LogP contribution in [0, 0.1) is 6.92 Å². The predicted molar refractivity (Wildman–Crippen MR) is 68.1 cm³/mol. The number of thiophene rings is 1. The van der Waals surface area contributed by atoms with Crippen molar-refractivity contribution in [2.24, 2.45) is 0 Å². The zero-order valence-corrected chi connectivity index (χ0v) is 11.5. The summed E-state index contributed by atoms with van der Waals surface area (Å²) in [5.74, 6) is 0. The summed E-state index contributed by atoms with van der Waals surface area (Å²) in [6.07, 6.45) is -6.15. The second-order valence-electron chi connectivity index (χ2n) is 4.45. The third kappa shape index (κ3) is 6.91. The van der Waals surface area contributed by atoms with E-state index in [2.05, 4.69) is 0 Å². The van der Waals surface area contributed by atoms with E-state index >= 15 is 0 Å². The molecule has 0 fully saturated rings. The topological polar surface area (TPSA) is 43.7 Å². The normalized spacial score (nSPS) is 14.1. The maximum absolute atomic E-state index is 12.2. The zero-order valence-electron chi connectivity index (χ0n) is 10.7. The fraction of sp³-hybridized carbons (Fsp3) is 0.667. The number of alkyl halides is 3. The van der Waals surface area contributed by atoms with Gasteiger partial charge in [0.25, 0.3) is 0 Å². The largest absolute Gasteiger partial charge is 0.394 e. The van der Waals surface area contributed by atoms with Crippen LogP contribution in [0.5, 0.6) is 0 Å². The molecule has 2 N–H and O–H groups in total. The van der Waals surface area contributed by atoms with E-state index in [0.29, 0.717) is 6.54 Å². The lowest BCUT2D eigenvalue weighted by Gasteiger charge is -2.24. The Morgan fingerprint density at radius 1 is 1.37 bits per heavy atom. The lowest BCUT2D eigenvalue weighted by Crippen LogP contribution is -2.36. The van der Waals surface area contributed by atoms with E-state index in [1.807, 2.05) is 19.1 Å². The maximum atomic E-state index is 12.2. The lowest BCUT2D eigenvalue weighted by molar-refractivity contribution is -0.139. The van der Waals surface area contributed by atoms with Crippen molar-refractivity contribution in [1.82, 2.24) is 4.90 Å². The molecule has 0 spiro atoms. The Labute approximate surface area is 114 Å². The molecule has 0 radical (unpaired) electrons. The third-order valence-electron chi connectivity index (χ3n) is 2.57. The Balaban J connectivity index is 2.58. The summed E-state index contributed by atoms with van der Waals surface area (Å²) in [6, 6.07) is 3.77. The number of nitrogens with zero attached hydrogens (tertiary/aromatic N) is 1. The Bertz CT molecular complexity index is 381. The molecule has 19 heavy (non-hydrogen) atoms. The Morgan fingerprint density at radius 2 is 2.05 bits per heavy atom. The van der Waals surface area contributed by atoms with E-state index in [1.165, 1.54) is 16.2 Å². The van der Waals surface area contributed by atoms with Gasteiger partial charge in [-0.05, 0) is 19.1 Å². The van der Waals surface area contributed by atoms with Gasteiger partial charge in [0, 0.05) is 29.4 Å². The molecule has 1 heterocycles. The fourth-order valence-corrected chi connectivity index (χ4v) is 2.60. The highest BCUT2D eigenvalue weighted by atomic mass is 32.1. The number of halogens is 3. The Morgan fingerprint density at radius 3 is 2.53 bits per heavy atom. The first-order valence-electron chi connectivity index (χ1n) is 5.93. The van der Waals surface area contributed by atoms with Crippen LogP contribution in [0.2, 0.25) is 0 Å². The highest BCUT2D eigenvalue weighted by Gasteiger charge is 2.28. The average Bonchev–Trinajstić information content (AvgIpc) is 2.70. The number of aliphatic hydroxyl groups is 2. The molecule has 0 aliphatic rings. The van der Waals surface area contributed by atoms with Gasteiger partial charge in [0.15, 0.2) is 0 Å². The summed E-state index contributed by atoms with van der Waals surface area (Å²) < 4.78 is 36.7. The van der Waals surface area contributed by atoms with Crippen molar-refractivity contribution in [3.8, 4) is 0 Å². The van der Waals surface area contributed by atoms with Crippen molar-refractivity contribution in [3.05, 3.63) is 21.9 Å². The number of hydrogen-bond acceptors (Lipinski definition) is 4.